The highest BCUT2D eigenvalue weighted by Gasteiger charge is 2.16. The molecule has 0 aliphatic rings. The van der Waals surface area contributed by atoms with Crippen molar-refractivity contribution >= 4 is 26.0 Å². The van der Waals surface area contributed by atoms with Crippen LogP contribution in [0.2, 0.25) is 0 Å². The first-order chi connectivity index (χ1) is 10.5. The van der Waals surface area contributed by atoms with E-state index < -0.39 is 26.0 Å². The zero-order valence-electron chi connectivity index (χ0n) is 12.9. The van der Waals surface area contributed by atoms with Gasteiger partial charge in [-0.05, 0) is 24.1 Å². The van der Waals surface area contributed by atoms with E-state index >= 15 is 0 Å². The molecule has 23 heavy (non-hydrogen) atoms. The van der Waals surface area contributed by atoms with E-state index in [1.807, 2.05) is 0 Å². The lowest BCUT2D eigenvalue weighted by molar-refractivity contribution is 0.0697. The van der Waals surface area contributed by atoms with Crippen LogP contribution in [0.1, 0.15) is 22.3 Å². The summed E-state index contributed by atoms with van der Waals surface area (Å²) in [4.78, 5) is 10.7. The van der Waals surface area contributed by atoms with Crippen molar-refractivity contribution in [2.75, 3.05) is 25.6 Å². The lowest BCUT2D eigenvalue weighted by Gasteiger charge is -2.11. The fourth-order valence-corrected chi connectivity index (χ4v) is 3.76. The maximum Gasteiger partial charge on any atom is 0.335 e. The van der Waals surface area contributed by atoms with Gasteiger partial charge in [-0.3, -0.25) is 0 Å². The minimum Gasteiger partial charge on any atom is -0.478 e. The van der Waals surface area contributed by atoms with E-state index in [-0.39, 0.29) is 30.0 Å². The van der Waals surface area contributed by atoms with Crippen molar-refractivity contribution in [3.63, 3.8) is 0 Å². The average molecular weight is 364 g/mol. The van der Waals surface area contributed by atoms with Crippen LogP contribution < -0.4 is 4.72 Å². The molecule has 0 radical (unpaired) electrons. The van der Waals surface area contributed by atoms with Crippen molar-refractivity contribution in [1.82, 2.24) is 9.03 Å². The van der Waals surface area contributed by atoms with E-state index in [4.69, 9.17) is 5.11 Å². The Balaban J connectivity index is 2.51. The number of rotatable bonds is 9. The van der Waals surface area contributed by atoms with Crippen LogP contribution in [0.5, 0.6) is 0 Å². The van der Waals surface area contributed by atoms with Crippen molar-refractivity contribution in [3.8, 4) is 0 Å². The quantitative estimate of drug-likeness (QED) is 0.640. The number of nitrogens with one attached hydrogen (secondary N) is 1. The maximum absolute atomic E-state index is 11.8. The molecule has 0 amide bonds. The Bertz CT molecular complexity index is 739. The molecule has 2 N–H and O–H groups in total. The van der Waals surface area contributed by atoms with E-state index in [9.17, 15) is 21.6 Å². The standard InChI is InChI=1S/C13H20N2O6S2/c1-15(2)23(20,21)9-3-8-22(18,19)14-10-11-4-6-12(7-5-11)13(16)17/h4-7,14H,3,8-10H2,1-2H3,(H,16,17). The van der Waals surface area contributed by atoms with Crippen molar-refractivity contribution in [3.05, 3.63) is 35.4 Å². The van der Waals surface area contributed by atoms with Crippen LogP contribution in [0.25, 0.3) is 0 Å². The number of carbonyl (C=O) groups is 1. The third-order valence-corrected chi connectivity index (χ3v) is 6.40. The number of aromatic carboxylic acids is 1. The van der Waals surface area contributed by atoms with Gasteiger partial charge in [-0.25, -0.2) is 30.7 Å². The highest BCUT2D eigenvalue weighted by Crippen LogP contribution is 2.05. The molecule has 1 aromatic rings. The van der Waals surface area contributed by atoms with E-state index in [1.54, 1.807) is 0 Å². The second kappa shape index (κ2) is 7.86. The van der Waals surface area contributed by atoms with Gasteiger partial charge in [0.1, 0.15) is 0 Å². The first-order valence-electron chi connectivity index (χ1n) is 6.73. The summed E-state index contributed by atoms with van der Waals surface area (Å²) in [6.45, 7) is 0.0165. The Morgan fingerprint density at radius 1 is 1.09 bits per heavy atom. The van der Waals surface area contributed by atoms with Gasteiger partial charge in [0.25, 0.3) is 0 Å². The van der Waals surface area contributed by atoms with E-state index in [1.165, 1.54) is 38.4 Å². The van der Waals surface area contributed by atoms with Gasteiger partial charge in [0.15, 0.2) is 0 Å². The normalized spacial score (nSPS) is 12.5. The average Bonchev–Trinajstić information content (AvgIpc) is 2.45. The SMILES string of the molecule is CN(C)S(=O)(=O)CCCS(=O)(=O)NCc1ccc(C(=O)O)cc1. The van der Waals surface area contributed by atoms with Crippen LogP contribution >= 0.6 is 0 Å². The molecule has 0 spiro atoms. The fraction of sp³-hybridized carbons (Fsp3) is 0.462. The Morgan fingerprint density at radius 3 is 2.13 bits per heavy atom. The van der Waals surface area contributed by atoms with Gasteiger partial charge < -0.3 is 5.11 Å². The van der Waals surface area contributed by atoms with Crippen LogP contribution in [0, 0.1) is 0 Å². The van der Waals surface area contributed by atoms with Gasteiger partial charge in [0.2, 0.25) is 20.0 Å². The Hall–Kier alpha value is -1.49. The van der Waals surface area contributed by atoms with Gasteiger partial charge in [-0.1, -0.05) is 12.1 Å². The second-order valence-electron chi connectivity index (χ2n) is 5.09. The minimum atomic E-state index is -3.60. The predicted molar refractivity (Wildman–Crippen MR) is 86.1 cm³/mol. The van der Waals surface area contributed by atoms with Crippen molar-refractivity contribution < 1.29 is 26.7 Å². The summed E-state index contributed by atoms with van der Waals surface area (Å²) in [5, 5.41) is 8.77. The number of nitrogens with zero attached hydrogens (tertiary/aromatic N) is 1. The van der Waals surface area contributed by atoms with Gasteiger partial charge in [0.05, 0.1) is 17.1 Å². The summed E-state index contributed by atoms with van der Waals surface area (Å²) in [7, 11) is -4.24. The third-order valence-electron chi connectivity index (χ3n) is 3.07. The largest absolute Gasteiger partial charge is 0.478 e. The number of hydrogen-bond donors (Lipinski definition) is 2. The summed E-state index contributed by atoms with van der Waals surface area (Å²) in [6.07, 6.45) is -0.00615. The van der Waals surface area contributed by atoms with Gasteiger partial charge in [-0.2, -0.15) is 0 Å². The Labute approximate surface area is 136 Å². The highest BCUT2D eigenvalue weighted by molar-refractivity contribution is 7.90. The van der Waals surface area contributed by atoms with Crippen molar-refractivity contribution in [2.45, 2.75) is 13.0 Å². The first-order valence-corrected chi connectivity index (χ1v) is 9.99. The Kier molecular flexibility index (Phi) is 6.69. The third kappa shape index (κ3) is 6.65. The predicted octanol–water partition coefficient (Wildman–Crippen LogP) is 0.0857. The van der Waals surface area contributed by atoms with Crippen molar-refractivity contribution in [2.24, 2.45) is 0 Å². The molecule has 0 aliphatic heterocycles. The molecule has 0 saturated heterocycles. The zero-order valence-corrected chi connectivity index (χ0v) is 14.5. The lowest BCUT2D eigenvalue weighted by atomic mass is 10.1. The molecule has 130 valence electrons. The molecule has 0 aliphatic carbocycles. The highest BCUT2D eigenvalue weighted by atomic mass is 32.2. The topological polar surface area (TPSA) is 121 Å². The Morgan fingerprint density at radius 2 is 1.65 bits per heavy atom. The fourth-order valence-electron chi connectivity index (χ4n) is 1.64. The number of benzene rings is 1. The molecular weight excluding hydrogens is 344 g/mol. The number of carboxylic acid groups (broad SMARTS) is 1. The van der Waals surface area contributed by atoms with Crippen LogP contribution in [-0.2, 0) is 26.6 Å². The molecule has 0 aromatic heterocycles. The summed E-state index contributed by atoms with van der Waals surface area (Å²) in [5.74, 6) is -1.60. The second-order valence-corrected chi connectivity index (χ2v) is 9.32. The van der Waals surface area contributed by atoms with Crippen LogP contribution in [0.15, 0.2) is 24.3 Å². The molecule has 0 unspecified atom stereocenters. The van der Waals surface area contributed by atoms with Crippen LogP contribution in [0.4, 0.5) is 0 Å². The monoisotopic (exact) mass is 364 g/mol. The number of hydrogen-bond acceptors (Lipinski definition) is 5. The van der Waals surface area contributed by atoms with E-state index in [2.05, 4.69) is 4.72 Å². The summed E-state index contributed by atoms with van der Waals surface area (Å²) in [5.41, 5.74) is 0.727. The molecule has 0 saturated carbocycles. The molecule has 1 rings (SSSR count). The minimum absolute atomic E-state index is 0.00615. The maximum atomic E-state index is 11.8. The summed E-state index contributed by atoms with van der Waals surface area (Å²) >= 11 is 0. The van der Waals surface area contributed by atoms with Crippen molar-refractivity contribution in [1.29, 1.82) is 0 Å². The molecule has 1 aromatic carbocycles. The molecule has 8 nitrogen and oxygen atoms in total. The molecule has 0 fully saturated rings. The number of carboxylic acids is 1. The summed E-state index contributed by atoms with van der Waals surface area (Å²) < 4.78 is 50.1. The van der Waals surface area contributed by atoms with E-state index in [0.717, 1.165) is 4.31 Å². The first kappa shape index (κ1) is 19.6. The smallest absolute Gasteiger partial charge is 0.335 e. The van der Waals surface area contributed by atoms with Gasteiger partial charge in [-0.15, -0.1) is 0 Å². The van der Waals surface area contributed by atoms with E-state index in [0.29, 0.717) is 5.56 Å². The number of sulfonamides is 2. The van der Waals surface area contributed by atoms with Crippen LogP contribution in [0.3, 0.4) is 0 Å². The van der Waals surface area contributed by atoms with Gasteiger partial charge >= 0.3 is 5.97 Å². The van der Waals surface area contributed by atoms with Gasteiger partial charge in [0, 0.05) is 20.6 Å². The molecule has 0 atom stereocenters. The van der Waals surface area contributed by atoms with Crippen LogP contribution in [-0.4, -0.2) is 57.8 Å². The molecular formula is C13H20N2O6S2. The molecule has 0 bridgehead atoms. The zero-order chi connectivity index (χ0) is 17.7. The molecule has 0 heterocycles. The lowest BCUT2D eigenvalue weighted by Crippen LogP contribution is -2.29. The summed E-state index contributed by atoms with van der Waals surface area (Å²) in [6, 6.07) is 5.80. The molecule has 10 heteroatoms.